The molecule has 2 rings (SSSR count). The van der Waals surface area contributed by atoms with Crippen LogP contribution < -0.4 is 10.6 Å². The summed E-state index contributed by atoms with van der Waals surface area (Å²) in [5, 5.41) is 2.99. The minimum atomic E-state index is -0.334. The molecule has 0 saturated heterocycles. The van der Waals surface area contributed by atoms with Gasteiger partial charge in [0, 0.05) is 18.0 Å². The second kappa shape index (κ2) is 5.63. The number of anilines is 1. The summed E-state index contributed by atoms with van der Waals surface area (Å²) in [6, 6.07) is 4.77. The van der Waals surface area contributed by atoms with Gasteiger partial charge in [0.2, 0.25) is 0 Å². The number of hydrogen-bond donors (Lipinski definition) is 1. The number of rotatable bonds is 4. The molecule has 0 fully saturated rings. The SMILES string of the molecule is Cc1nc(CN(C)c2ccc(C(N)=S)cc2F)cs1. The molecule has 0 saturated carbocycles. The highest BCUT2D eigenvalue weighted by Crippen LogP contribution is 2.21. The third kappa shape index (κ3) is 3.27. The van der Waals surface area contributed by atoms with E-state index in [-0.39, 0.29) is 10.8 Å². The first-order valence-corrected chi connectivity index (χ1v) is 6.97. The lowest BCUT2D eigenvalue weighted by Crippen LogP contribution is -2.18. The van der Waals surface area contributed by atoms with Crippen molar-refractivity contribution in [2.24, 2.45) is 5.73 Å². The highest BCUT2D eigenvalue weighted by atomic mass is 32.1. The van der Waals surface area contributed by atoms with Gasteiger partial charge in [0.05, 0.1) is 22.9 Å². The fourth-order valence-electron chi connectivity index (χ4n) is 1.78. The molecule has 0 amide bonds. The third-order valence-corrected chi connectivity index (χ3v) is 3.77. The Hall–Kier alpha value is -1.53. The molecule has 0 spiro atoms. The first-order valence-electron chi connectivity index (χ1n) is 5.69. The zero-order valence-corrected chi connectivity index (χ0v) is 12.3. The Labute approximate surface area is 120 Å². The van der Waals surface area contributed by atoms with E-state index in [1.54, 1.807) is 23.5 Å². The summed E-state index contributed by atoms with van der Waals surface area (Å²) in [6.45, 7) is 2.51. The molecule has 3 nitrogen and oxygen atoms in total. The molecule has 0 radical (unpaired) electrons. The summed E-state index contributed by atoms with van der Waals surface area (Å²) in [5.41, 5.74) is 7.45. The van der Waals surface area contributed by atoms with Crippen LogP contribution in [0.2, 0.25) is 0 Å². The summed E-state index contributed by atoms with van der Waals surface area (Å²) < 4.78 is 14.0. The molecule has 2 N–H and O–H groups in total. The number of nitrogens with two attached hydrogens (primary N) is 1. The van der Waals surface area contributed by atoms with E-state index in [0.717, 1.165) is 10.7 Å². The average Bonchev–Trinajstić information content (AvgIpc) is 2.74. The van der Waals surface area contributed by atoms with Crippen LogP contribution in [0.5, 0.6) is 0 Å². The van der Waals surface area contributed by atoms with E-state index in [1.165, 1.54) is 6.07 Å². The summed E-state index contributed by atoms with van der Waals surface area (Å²) in [7, 11) is 1.83. The van der Waals surface area contributed by atoms with Crippen LogP contribution in [0.25, 0.3) is 0 Å². The minimum absolute atomic E-state index is 0.197. The van der Waals surface area contributed by atoms with E-state index < -0.39 is 0 Å². The third-order valence-electron chi connectivity index (χ3n) is 2.71. The Balaban J connectivity index is 2.19. The van der Waals surface area contributed by atoms with Crippen molar-refractivity contribution in [3.8, 4) is 0 Å². The number of nitrogens with zero attached hydrogens (tertiary/aromatic N) is 2. The fraction of sp³-hybridized carbons (Fsp3) is 0.231. The summed E-state index contributed by atoms with van der Waals surface area (Å²) in [5.74, 6) is -0.334. The molecule has 0 bridgehead atoms. The van der Waals surface area contributed by atoms with Crippen molar-refractivity contribution in [3.05, 3.63) is 45.7 Å². The fourth-order valence-corrected chi connectivity index (χ4v) is 2.51. The van der Waals surface area contributed by atoms with Crippen LogP contribution in [0.1, 0.15) is 16.3 Å². The van der Waals surface area contributed by atoms with Gasteiger partial charge in [-0.05, 0) is 25.1 Å². The molecular formula is C13H14FN3S2. The van der Waals surface area contributed by atoms with Crippen LogP contribution in [-0.4, -0.2) is 17.0 Å². The first-order chi connectivity index (χ1) is 8.97. The molecule has 1 heterocycles. The predicted octanol–water partition coefficient (Wildman–Crippen LogP) is 2.86. The topological polar surface area (TPSA) is 42.2 Å². The Morgan fingerprint density at radius 1 is 1.53 bits per heavy atom. The molecule has 0 aliphatic rings. The molecule has 2 aromatic rings. The van der Waals surface area contributed by atoms with E-state index in [0.29, 0.717) is 17.8 Å². The van der Waals surface area contributed by atoms with E-state index in [1.807, 2.05) is 24.3 Å². The highest BCUT2D eigenvalue weighted by Gasteiger charge is 2.11. The lowest BCUT2D eigenvalue weighted by molar-refractivity contribution is 0.621. The van der Waals surface area contributed by atoms with E-state index in [9.17, 15) is 4.39 Å². The number of aryl methyl sites for hydroxylation is 1. The maximum atomic E-state index is 14.0. The number of benzene rings is 1. The molecule has 100 valence electrons. The molecule has 0 atom stereocenters. The van der Waals surface area contributed by atoms with Gasteiger partial charge in [-0.3, -0.25) is 0 Å². The second-order valence-corrected chi connectivity index (χ2v) is 5.75. The maximum absolute atomic E-state index is 14.0. The zero-order valence-electron chi connectivity index (χ0n) is 10.7. The quantitative estimate of drug-likeness (QED) is 0.881. The van der Waals surface area contributed by atoms with Crippen molar-refractivity contribution in [1.29, 1.82) is 0 Å². The van der Waals surface area contributed by atoms with Gasteiger partial charge >= 0.3 is 0 Å². The normalized spacial score (nSPS) is 10.5. The Morgan fingerprint density at radius 3 is 2.79 bits per heavy atom. The van der Waals surface area contributed by atoms with Crippen molar-refractivity contribution in [2.75, 3.05) is 11.9 Å². The molecule has 0 aliphatic carbocycles. The van der Waals surface area contributed by atoms with Crippen LogP contribution in [0.15, 0.2) is 23.6 Å². The first kappa shape index (κ1) is 13.9. The minimum Gasteiger partial charge on any atom is -0.389 e. The molecule has 0 unspecified atom stereocenters. The van der Waals surface area contributed by atoms with Gasteiger partial charge < -0.3 is 10.6 Å². The number of thiocarbonyl (C=S) groups is 1. The molecule has 6 heteroatoms. The van der Waals surface area contributed by atoms with E-state index >= 15 is 0 Å². The summed E-state index contributed by atoms with van der Waals surface area (Å²) >= 11 is 6.41. The lowest BCUT2D eigenvalue weighted by atomic mass is 10.2. The monoisotopic (exact) mass is 295 g/mol. The largest absolute Gasteiger partial charge is 0.389 e. The van der Waals surface area contributed by atoms with Gasteiger partial charge in [0.25, 0.3) is 0 Å². The highest BCUT2D eigenvalue weighted by molar-refractivity contribution is 7.80. The zero-order chi connectivity index (χ0) is 14.0. The Kier molecular flexibility index (Phi) is 4.11. The van der Waals surface area contributed by atoms with Gasteiger partial charge in [-0.15, -0.1) is 11.3 Å². The lowest BCUT2D eigenvalue weighted by Gasteiger charge is -2.19. The molecular weight excluding hydrogens is 281 g/mol. The van der Waals surface area contributed by atoms with Crippen molar-refractivity contribution in [3.63, 3.8) is 0 Å². The molecule has 1 aromatic heterocycles. The Bertz CT molecular complexity index is 610. The van der Waals surface area contributed by atoms with Gasteiger partial charge in [-0.1, -0.05) is 12.2 Å². The predicted molar refractivity (Wildman–Crippen MR) is 81.2 cm³/mol. The van der Waals surface area contributed by atoms with Gasteiger partial charge in [0.1, 0.15) is 10.8 Å². The van der Waals surface area contributed by atoms with E-state index in [2.05, 4.69) is 4.98 Å². The number of hydrogen-bond acceptors (Lipinski definition) is 4. The van der Waals surface area contributed by atoms with Gasteiger partial charge in [0.15, 0.2) is 0 Å². The number of thiazole rings is 1. The second-order valence-electron chi connectivity index (χ2n) is 4.24. The maximum Gasteiger partial charge on any atom is 0.147 e. The summed E-state index contributed by atoms with van der Waals surface area (Å²) in [6.07, 6.45) is 0. The summed E-state index contributed by atoms with van der Waals surface area (Å²) in [4.78, 5) is 6.38. The van der Waals surface area contributed by atoms with Crippen molar-refractivity contribution < 1.29 is 4.39 Å². The van der Waals surface area contributed by atoms with Crippen LogP contribution in [0, 0.1) is 12.7 Å². The van der Waals surface area contributed by atoms with Gasteiger partial charge in [-0.2, -0.15) is 0 Å². The smallest absolute Gasteiger partial charge is 0.147 e. The van der Waals surface area contributed by atoms with Crippen LogP contribution in [-0.2, 0) is 6.54 Å². The van der Waals surface area contributed by atoms with Crippen LogP contribution in [0.3, 0.4) is 0 Å². The van der Waals surface area contributed by atoms with Gasteiger partial charge in [-0.25, -0.2) is 9.37 Å². The Morgan fingerprint density at radius 2 is 2.26 bits per heavy atom. The number of aromatic nitrogens is 1. The van der Waals surface area contributed by atoms with Crippen molar-refractivity contribution >= 4 is 34.2 Å². The molecule has 19 heavy (non-hydrogen) atoms. The number of halogens is 1. The van der Waals surface area contributed by atoms with Crippen molar-refractivity contribution in [1.82, 2.24) is 4.98 Å². The van der Waals surface area contributed by atoms with Crippen LogP contribution in [0.4, 0.5) is 10.1 Å². The molecule has 1 aromatic carbocycles. The van der Waals surface area contributed by atoms with E-state index in [4.69, 9.17) is 18.0 Å². The average molecular weight is 295 g/mol. The molecule has 0 aliphatic heterocycles. The van der Waals surface area contributed by atoms with Crippen LogP contribution >= 0.6 is 23.6 Å². The standard InChI is InChI=1S/C13H14FN3S2/c1-8-16-10(7-19-8)6-17(2)12-4-3-9(13(15)18)5-11(12)14/h3-5,7H,6H2,1-2H3,(H2,15,18). The van der Waals surface area contributed by atoms with Crippen molar-refractivity contribution in [2.45, 2.75) is 13.5 Å².